The normalized spacial score (nSPS) is 17.4. The van der Waals surface area contributed by atoms with Gasteiger partial charge in [0.2, 0.25) is 0 Å². The van der Waals surface area contributed by atoms with Gasteiger partial charge in [0.1, 0.15) is 11.9 Å². The maximum Gasteiger partial charge on any atom is 0.128 e. The summed E-state index contributed by atoms with van der Waals surface area (Å²) < 4.78 is 6.27. The quantitative estimate of drug-likeness (QED) is 0.730. The van der Waals surface area contributed by atoms with Crippen LogP contribution in [0.1, 0.15) is 43.1 Å². The molecule has 0 spiro atoms. The van der Waals surface area contributed by atoms with Gasteiger partial charge in [-0.2, -0.15) is 0 Å². The third-order valence-corrected chi connectivity index (χ3v) is 3.64. The van der Waals surface area contributed by atoms with Crippen molar-refractivity contribution in [3.05, 3.63) is 71.3 Å². The zero-order chi connectivity index (χ0) is 13.9. The predicted molar refractivity (Wildman–Crippen MR) is 84.0 cm³/mol. The summed E-state index contributed by atoms with van der Waals surface area (Å²) in [6.45, 7) is 4.49. The zero-order valence-electron chi connectivity index (χ0n) is 12.0. The molecule has 0 radical (unpaired) electrons. The molecule has 0 bridgehead atoms. The molecule has 0 aromatic heterocycles. The van der Waals surface area contributed by atoms with Crippen LogP contribution in [-0.2, 0) is 4.74 Å². The standard InChI is InChI=1S/C19H20O/c1-14(2)12-19-17-11-7-6-10-16(17)13-18(20-19)15-8-4-3-5-9-15/h3-11,13-14,19H,12H2,1-2H3. The fourth-order valence-electron chi connectivity index (χ4n) is 2.68. The van der Waals surface area contributed by atoms with Gasteiger partial charge in [-0.1, -0.05) is 68.4 Å². The molecular formula is C19H20O. The highest BCUT2D eigenvalue weighted by Gasteiger charge is 2.23. The van der Waals surface area contributed by atoms with Gasteiger partial charge < -0.3 is 4.74 Å². The van der Waals surface area contributed by atoms with Crippen molar-refractivity contribution in [2.24, 2.45) is 5.92 Å². The van der Waals surface area contributed by atoms with Gasteiger partial charge in [-0.15, -0.1) is 0 Å². The van der Waals surface area contributed by atoms with Crippen molar-refractivity contribution in [3.63, 3.8) is 0 Å². The van der Waals surface area contributed by atoms with Crippen LogP contribution in [-0.4, -0.2) is 0 Å². The van der Waals surface area contributed by atoms with Crippen LogP contribution in [0.2, 0.25) is 0 Å². The van der Waals surface area contributed by atoms with E-state index in [4.69, 9.17) is 4.74 Å². The Bertz CT molecular complexity index is 611. The monoisotopic (exact) mass is 264 g/mol. The number of rotatable bonds is 3. The Balaban J connectivity index is 2.01. The maximum atomic E-state index is 6.27. The first kappa shape index (κ1) is 13.0. The minimum Gasteiger partial charge on any atom is -0.485 e. The van der Waals surface area contributed by atoms with E-state index in [1.807, 2.05) is 6.07 Å². The summed E-state index contributed by atoms with van der Waals surface area (Å²) >= 11 is 0. The Hall–Kier alpha value is -2.02. The molecule has 0 fully saturated rings. The molecule has 0 aliphatic carbocycles. The van der Waals surface area contributed by atoms with Gasteiger partial charge in [-0.25, -0.2) is 0 Å². The molecule has 0 amide bonds. The largest absolute Gasteiger partial charge is 0.485 e. The smallest absolute Gasteiger partial charge is 0.128 e. The van der Waals surface area contributed by atoms with Crippen LogP contribution in [0.3, 0.4) is 0 Å². The molecule has 3 rings (SSSR count). The summed E-state index contributed by atoms with van der Waals surface area (Å²) in [6.07, 6.45) is 3.36. The Kier molecular flexibility index (Phi) is 3.60. The van der Waals surface area contributed by atoms with Crippen molar-refractivity contribution >= 4 is 11.8 Å². The number of benzene rings is 2. The molecule has 2 aromatic carbocycles. The van der Waals surface area contributed by atoms with Crippen LogP contribution >= 0.6 is 0 Å². The number of ether oxygens (including phenoxy) is 1. The molecule has 0 saturated carbocycles. The molecule has 2 aromatic rings. The second-order valence-corrected chi connectivity index (χ2v) is 5.74. The maximum absolute atomic E-state index is 6.27. The van der Waals surface area contributed by atoms with Crippen molar-refractivity contribution < 1.29 is 4.74 Å². The molecule has 102 valence electrons. The lowest BCUT2D eigenvalue weighted by atomic mass is 9.92. The van der Waals surface area contributed by atoms with E-state index in [2.05, 4.69) is 68.5 Å². The highest BCUT2D eigenvalue weighted by molar-refractivity contribution is 5.80. The van der Waals surface area contributed by atoms with Crippen molar-refractivity contribution in [2.45, 2.75) is 26.4 Å². The Morgan fingerprint density at radius 2 is 1.65 bits per heavy atom. The molecule has 1 aliphatic rings. The highest BCUT2D eigenvalue weighted by atomic mass is 16.5. The molecular weight excluding hydrogens is 244 g/mol. The molecule has 1 unspecified atom stereocenters. The van der Waals surface area contributed by atoms with Gasteiger partial charge in [0.15, 0.2) is 0 Å². The fraction of sp³-hybridized carbons (Fsp3) is 0.263. The van der Waals surface area contributed by atoms with Crippen molar-refractivity contribution in [1.82, 2.24) is 0 Å². The first-order valence-electron chi connectivity index (χ1n) is 7.27. The van der Waals surface area contributed by atoms with Gasteiger partial charge in [0.05, 0.1) is 0 Å². The molecule has 1 nitrogen and oxygen atoms in total. The lowest BCUT2D eigenvalue weighted by Gasteiger charge is -2.28. The zero-order valence-corrected chi connectivity index (χ0v) is 12.0. The molecule has 1 atom stereocenters. The molecule has 1 heteroatoms. The van der Waals surface area contributed by atoms with E-state index < -0.39 is 0 Å². The Morgan fingerprint density at radius 3 is 2.40 bits per heavy atom. The van der Waals surface area contributed by atoms with E-state index in [0.29, 0.717) is 5.92 Å². The average molecular weight is 264 g/mol. The fourth-order valence-corrected chi connectivity index (χ4v) is 2.68. The summed E-state index contributed by atoms with van der Waals surface area (Å²) in [5, 5.41) is 0. The molecule has 20 heavy (non-hydrogen) atoms. The van der Waals surface area contributed by atoms with E-state index in [1.54, 1.807) is 0 Å². The van der Waals surface area contributed by atoms with Gasteiger partial charge >= 0.3 is 0 Å². The third kappa shape index (κ3) is 2.62. The van der Waals surface area contributed by atoms with E-state index in [1.165, 1.54) is 11.1 Å². The number of hydrogen-bond acceptors (Lipinski definition) is 1. The summed E-state index contributed by atoms with van der Waals surface area (Å²) in [5.74, 6) is 1.60. The van der Waals surface area contributed by atoms with Crippen molar-refractivity contribution in [1.29, 1.82) is 0 Å². The molecule has 0 N–H and O–H groups in total. The topological polar surface area (TPSA) is 9.23 Å². The van der Waals surface area contributed by atoms with Crippen LogP contribution in [0.25, 0.3) is 11.8 Å². The lowest BCUT2D eigenvalue weighted by molar-refractivity contribution is 0.142. The summed E-state index contributed by atoms with van der Waals surface area (Å²) in [6, 6.07) is 18.9. The first-order valence-corrected chi connectivity index (χ1v) is 7.27. The summed E-state index contributed by atoms with van der Waals surface area (Å²) in [4.78, 5) is 0. The number of fused-ring (bicyclic) bond motifs is 1. The SMILES string of the molecule is CC(C)CC1OC(c2ccccc2)=Cc2ccccc21. The second-order valence-electron chi connectivity index (χ2n) is 5.74. The van der Waals surface area contributed by atoms with E-state index in [-0.39, 0.29) is 6.10 Å². The minimum atomic E-state index is 0.159. The van der Waals surface area contributed by atoms with Crippen LogP contribution in [0.5, 0.6) is 0 Å². The van der Waals surface area contributed by atoms with Crippen LogP contribution in [0.4, 0.5) is 0 Å². The van der Waals surface area contributed by atoms with E-state index in [9.17, 15) is 0 Å². The van der Waals surface area contributed by atoms with Crippen molar-refractivity contribution in [3.8, 4) is 0 Å². The van der Waals surface area contributed by atoms with Gasteiger partial charge in [-0.05, 0) is 29.5 Å². The van der Waals surface area contributed by atoms with Crippen LogP contribution in [0.15, 0.2) is 54.6 Å². The van der Waals surface area contributed by atoms with Gasteiger partial charge in [0, 0.05) is 5.56 Å². The first-order chi connectivity index (χ1) is 9.74. The second kappa shape index (κ2) is 5.54. The average Bonchev–Trinajstić information content (AvgIpc) is 2.47. The van der Waals surface area contributed by atoms with E-state index in [0.717, 1.165) is 17.7 Å². The Labute approximate surface area is 120 Å². The summed E-state index contributed by atoms with van der Waals surface area (Å²) in [7, 11) is 0. The lowest BCUT2D eigenvalue weighted by Crippen LogP contribution is -2.12. The van der Waals surface area contributed by atoms with Crippen molar-refractivity contribution in [2.75, 3.05) is 0 Å². The molecule has 0 saturated heterocycles. The third-order valence-electron chi connectivity index (χ3n) is 3.64. The van der Waals surface area contributed by atoms with Gasteiger partial charge in [-0.3, -0.25) is 0 Å². The number of hydrogen-bond donors (Lipinski definition) is 0. The van der Waals surface area contributed by atoms with E-state index >= 15 is 0 Å². The Morgan fingerprint density at radius 1 is 0.950 bits per heavy atom. The summed E-state index contributed by atoms with van der Waals surface area (Å²) in [5.41, 5.74) is 3.74. The molecule has 1 heterocycles. The minimum absolute atomic E-state index is 0.159. The van der Waals surface area contributed by atoms with Gasteiger partial charge in [0.25, 0.3) is 0 Å². The van der Waals surface area contributed by atoms with Crippen LogP contribution in [0, 0.1) is 5.92 Å². The predicted octanol–water partition coefficient (Wildman–Crippen LogP) is 5.30. The van der Waals surface area contributed by atoms with Crippen LogP contribution < -0.4 is 0 Å². The molecule has 1 aliphatic heterocycles. The highest BCUT2D eigenvalue weighted by Crippen LogP contribution is 2.38.